The number of carbonyl (C=O) groups is 2. The standard InChI is InChI=1S/C19H17BrN2O4S2/c1-11-4-5-12(2)21(11)22-18(24)16(28-19(22)27)9-13-8-14(20)6-7-15(13)26-10-17(23)25-3/h4-9H,10H2,1-3H3/b16-9+. The predicted molar refractivity (Wildman–Crippen MR) is 117 cm³/mol. The zero-order chi connectivity index (χ0) is 20.4. The fourth-order valence-corrected chi connectivity index (χ4v) is 4.32. The number of thioether (sulfide) groups is 1. The van der Waals surface area contributed by atoms with Crippen molar-refractivity contribution >= 4 is 62.2 Å². The summed E-state index contributed by atoms with van der Waals surface area (Å²) in [4.78, 5) is 24.9. The number of thiocarbonyl (C=S) groups is 1. The van der Waals surface area contributed by atoms with Crippen molar-refractivity contribution in [3.8, 4) is 5.75 Å². The van der Waals surface area contributed by atoms with Crippen molar-refractivity contribution in [3.05, 3.63) is 56.7 Å². The summed E-state index contributed by atoms with van der Waals surface area (Å²) in [5.41, 5.74) is 2.49. The van der Waals surface area contributed by atoms with Gasteiger partial charge in [-0.25, -0.2) is 4.79 Å². The van der Waals surface area contributed by atoms with Gasteiger partial charge in [-0.1, -0.05) is 27.7 Å². The first-order valence-corrected chi connectivity index (χ1v) is 10.3. The number of amides is 1. The van der Waals surface area contributed by atoms with Crippen LogP contribution in [0.3, 0.4) is 0 Å². The van der Waals surface area contributed by atoms with Crippen LogP contribution in [0.5, 0.6) is 5.75 Å². The molecule has 2 aromatic rings. The number of ether oxygens (including phenoxy) is 2. The lowest BCUT2D eigenvalue weighted by Crippen LogP contribution is -2.39. The normalized spacial score (nSPS) is 15.4. The van der Waals surface area contributed by atoms with Crippen molar-refractivity contribution in [2.24, 2.45) is 0 Å². The summed E-state index contributed by atoms with van der Waals surface area (Å²) in [6.45, 7) is 3.62. The highest BCUT2D eigenvalue weighted by Crippen LogP contribution is 2.35. The van der Waals surface area contributed by atoms with Crippen LogP contribution in [-0.4, -0.2) is 34.6 Å². The molecule has 0 unspecified atom stereocenters. The molecule has 0 bridgehead atoms. The van der Waals surface area contributed by atoms with Crippen LogP contribution in [0.1, 0.15) is 17.0 Å². The zero-order valence-electron chi connectivity index (χ0n) is 15.4. The minimum Gasteiger partial charge on any atom is -0.481 e. The van der Waals surface area contributed by atoms with E-state index in [4.69, 9.17) is 17.0 Å². The van der Waals surface area contributed by atoms with E-state index in [0.29, 0.717) is 20.5 Å². The summed E-state index contributed by atoms with van der Waals surface area (Å²) in [7, 11) is 1.30. The number of hydrogen-bond donors (Lipinski definition) is 0. The number of esters is 1. The van der Waals surface area contributed by atoms with Gasteiger partial charge in [-0.05, 0) is 62.5 Å². The maximum absolute atomic E-state index is 13.0. The van der Waals surface area contributed by atoms with Crippen molar-refractivity contribution in [3.63, 3.8) is 0 Å². The van der Waals surface area contributed by atoms with E-state index >= 15 is 0 Å². The molecule has 1 aliphatic rings. The highest BCUT2D eigenvalue weighted by molar-refractivity contribution is 9.10. The van der Waals surface area contributed by atoms with Crippen LogP contribution in [0, 0.1) is 13.8 Å². The molecule has 6 nitrogen and oxygen atoms in total. The average Bonchev–Trinajstić information content (AvgIpc) is 3.12. The highest BCUT2D eigenvalue weighted by atomic mass is 79.9. The lowest BCUT2D eigenvalue weighted by Gasteiger charge is -2.20. The maximum Gasteiger partial charge on any atom is 0.343 e. The van der Waals surface area contributed by atoms with Gasteiger partial charge >= 0.3 is 5.97 Å². The zero-order valence-corrected chi connectivity index (χ0v) is 18.6. The molecule has 0 N–H and O–H groups in total. The Balaban J connectivity index is 1.94. The summed E-state index contributed by atoms with van der Waals surface area (Å²) in [5, 5.41) is 1.49. The Morgan fingerprint density at radius 2 is 1.93 bits per heavy atom. The summed E-state index contributed by atoms with van der Waals surface area (Å²) in [5.74, 6) is -0.234. The molecule has 2 heterocycles. The summed E-state index contributed by atoms with van der Waals surface area (Å²) < 4.78 is 13.2. The first kappa shape index (κ1) is 20.6. The molecule has 1 aromatic heterocycles. The summed E-state index contributed by atoms with van der Waals surface area (Å²) in [6.07, 6.45) is 1.71. The smallest absolute Gasteiger partial charge is 0.343 e. The van der Waals surface area contributed by atoms with Crippen molar-refractivity contribution in [1.82, 2.24) is 4.68 Å². The van der Waals surface area contributed by atoms with Gasteiger partial charge in [-0.3, -0.25) is 9.47 Å². The predicted octanol–water partition coefficient (Wildman–Crippen LogP) is 3.96. The number of methoxy groups -OCH3 is 1. The molecule has 0 spiro atoms. The number of aryl methyl sites for hydroxylation is 2. The molecule has 0 saturated carbocycles. The number of hydrogen-bond acceptors (Lipinski definition) is 6. The Labute approximate surface area is 180 Å². The molecule has 1 aliphatic heterocycles. The third-order valence-electron chi connectivity index (χ3n) is 4.04. The lowest BCUT2D eigenvalue weighted by molar-refractivity contribution is -0.142. The molecule has 1 amide bonds. The van der Waals surface area contributed by atoms with E-state index in [9.17, 15) is 9.59 Å². The van der Waals surface area contributed by atoms with E-state index in [1.165, 1.54) is 23.9 Å². The quantitative estimate of drug-likeness (QED) is 0.366. The first-order valence-electron chi connectivity index (χ1n) is 8.24. The molecule has 1 aromatic carbocycles. The minimum absolute atomic E-state index is 0.212. The van der Waals surface area contributed by atoms with E-state index in [1.807, 2.05) is 32.0 Å². The second kappa shape index (κ2) is 8.50. The van der Waals surface area contributed by atoms with Gasteiger partial charge in [0.05, 0.1) is 12.0 Å². The molecule has 0 radical (unpaired) electrons. The summed E-state index contributed by atoms with van der Waals surface area (Å²) >= 11 is 10.1. The van der Waals surface area contributed by atoms with E-state index in [0.717, 1.165) is 15.9 Å². The van der Waals surface area contributed by atoms with Gasteiger partial charge in [0.2, 0.25) is 0 Å². The first-order chi connectivity index (χ1) is 13.3. The van der Waals surface area contributed by atoms with Crippen molar-refractivity contribution < 1.29 is 19.1 Å². The second-order valence-corrected chi connectivity index (χ2v) is 8.56. The topological polar surface area (TPSA) is 60.8 Å². The highest BCUT2D eigenvalue weighted by Gasteiger charge is 2.35. The van der Waals surface area contributed by atoms with E-state index in [-0.39, 0.29) is 12.5 Å². The number of aromatic nitrogens is 1. The van der Waals surface area contributed by atoms with Gasteiger partial charge in [-0.15, -0.1) is 0 Å². The Hall–Kier alpha value is -2.10. The van der Waals surface area contributed by atoms with Crippen molar-refractivity contribution in [1.29, 1.82) is 0 Å². The fourth-order valence-electron chi connectivity index (χ4n) is 2.71. The van der Waals surface area contributed by atoms with Gasteiger partial charge in [-0.2, -0.15) is 5.01 Å². The van der Waals surface area contributed by atoms with E-state index in [2.05, 4.69) is 20.7 Å². The largest absolute Gasteiger partial charge is 0.481 e. The molecular formula is C19H17BrN2O4S2. The SMILES string of the molecule is COC(=O)COc1ccc(Br)cc1/C=C1/SC(=S)N(n2c(C)ccc2C)C1=O. The Morgan fingerprint density at radius 3 is 2.57 bits per heavy atom. The molecule has 0 atom stereocenters. The monoisotopic (exact) mass is 480 g/mol. The maximum atomic E-state index is 13.0. The number of benzene rings is 1. The van der Waals surface area contributed by atoms with Crippen LogP contribution >= 0.6 is 39.9 Å². The minimum atomic E-state index is -0.487. The number of rotatable bonds is 5. The van der Waals surface area contributed by atoms with Crippen molar-refractivity contribution in [2.75, 3.05) is 18.7 Å². The molecule has 28 heavy (non-hydrogen) atoms. The van der Waals surface area contributed by atoms with Crippen molar-refractivity contribution in [2.45, 2.75) is 13.8 Å². The Kier molecular flexibility index (Phi) is 6.26. The molecule has 0 aliphatic carbocycles. The van der Waals surface area contributed by atoms with Crippen LogP contribution in [0.25, 0.3) is 6.08 Å². The van der Waals surface area contributed by atoms with Gasteiger partial charge in [0.15, 0.2) is 10.9 Å². The van der Waals surface area contributed by atoms with Gasteiger partial charge in [0, 0.05) is 21.4 Å². The van der Waals surface area contributed by atoms with Crippen LogP contribution in [0.2, 0.25) is 0 Å². The molecule has 1 saturated heterocycles. The van der Waals surface area contributed by atoms with Gasteiger partial charge < -0.3 is 9.47 Å². The fraction of sp³-hybridized carbons (Fsp3) is 0.211. The number of halogens is 1. The molecular weight excluding hydrogens is 464 g/mol. The molecule has 1 fully saturated rings. The lowest BCUT2D eigenvalue weighted by atomic mass is 10.2. The van der Waals surface area contributed by atoms with E-state index < -0.39 is 5.97 Å². The third-order valence-corrected chi connectivity index (χ3v) is 5.82. The van der Waals surface area contributed by atoms with Crippen LogP contribution in [0.4, 0.5) is 0 Å². The number of nitrogens with zero attached hydrogens (tertiary/aromatic N) is 2. The Bertz CT molecular complexity index is 980. The average molecular weight is 481 g/mol. The summed E-state index contributed by atoms with van der Waals surface area (Å²) in [6, 6.07) is 9.20. The van der Waals surface area contributed by atoms with Crippen LogP contribution in [0.15, 0.2) is 39.7 Å². The second-order valence-electron chi connectivity index (χ2n) is 5.97. The van der Waals surface area contributed by atoms with E-state index in [1.54, 1.807) is 22.9 Å². The number of carbonyl (C=O) groups excluding carboxylic acids is 2. The third kappa shape index (κ3) is 4.16. The van der Waals surface area contributed by atoms with Crippen LogP contribution < -0.4 is 9.75 Å². The Morgan fingerprint density at radius 1 is 1.25 bits per heavy atom. The molecule has 146 valence electrons. The van der Waals surface area contributed by atoms with Crippen LogP contribution in [-0.2, 0) is 14.3 Å². The van der Waals surface area contributed by atoms with Gasteiger partial charge in [0.25, 0.3) is 5.91 Å². The molecule has 3 rings (SSSR count). The van der Waals surface area contributed by atoms with Gasteiger partial charge in [0.1, 0.15) is 5.75 Å². The molecule has 9 heteroatoms.